The highest BCUT2D eigenvalue weighted by molar-refractivity contribution is 5.95. The molecule has 0 bridgehead atoms. The first-order valence-electron chi connectivity index (χ1n) is 9.60. The smallest absolute Gasteiger partial charge is 0.336 e. The van der Waals surface area contributed by atoms with Gasteiger partial charge in [0.15, 0.2) is 6.61 Å². The van der Waals surface area contributed by atoms with Gasteiger partial charge >= 0.3 is 5.63 Å². The van der Waals surface area contributed by atoms with Crippen molar-refractivity contribution in [3.05, 3.63) is 82.7 Å². The molecular formula is C24H21NO4. The quantitative estimate of drug-likeness (QED) is 0.477. The van der Waals surface area contributed by atoms with Crippen molar-refractivity contribution < 1.29 is 13.9 Å². The van der Waals surface area contributed by atoms with Gasteiger partial charge in [0, 0.05) is 23.2 Å². The molecule has 0 aliphatic rings. The maximum Gasteiger partial charge on any atom is 0.336 e. The summed E-state index contributed by atoms with van der Waals surface area (Å²) < 4.78 is 10.9. The number of benzene rings is 3. The van der Waals surface area contributed by atoms with Crippen LogP contribution in [0, 0.1) is 0 Å². The Hall–Kier alpha value is -3.60. The maximum absolute atomic E-state index is 12.3. The molecular weight excluding hydrogens is 366 g/mol. The number of aryl methyl sites for hydroxylation is 1. The highest BCUT2D eigenvalue weighted by atomic mass is 16.5. The normalized spacial score (nSPS) is 10.9. The van der Waals surface area contributed by atoms with Crippen LogP contribution in [0.4, 0.5) is 5.69 Å². The molecule has 29 heavy (non-hydrogen) atoms. The van der Waals surface area contributed by atoms with Crippen LogP contribution in [0.2, 0.25) is 0 Å². The molecule has 1 aromatic heterocycles. The third-order valence-electron chi connectivity index (χ3n) is 4.72. The number of rotatable bonds is 6. The SMILES string of the molecule is CCCc1cc(=O)oc2cc(OCC(=O)Nc3ccc4ccccc4c3)ccc12. The minimum Gasteiger partial charge on any atom is -0.484 e. The van der Waals surface area contributed by atoms with Crippen molar-refractivity contribution in [1.29, 1.82) is 0 Å². The number of fused-ring (bicyclic) bond motifs is 2. The number of carbonyl (C=O) groups is 1. The summed E-state index contributed by atoms with van der Waals surface area (Å²) in [6.45, 7) is 1.92. The van der Waals surface area contributed by atoms with Crippen LogP contribution >= 0.6 is 0 Å². The molecule has 0 saturated heterocycles. The molecule has 1 heterocycles. The second-order valence-corrected chi connectivity index (χ2v) is 6.90. The maximum atomic E-state index is 12.3. The predicted molar refractivity (Wildman–Crippen MR) is 115 cm³/mol. The molecule has 1 N–H and O–H groups in total. The van der Waals surface area contributed by atoms with Crippen LogP contribution in [0.25, 0.3) is 21.7 Å². The minimum absolute atomic E-state index is 0.142. The van der Waals surface area contributed by atoms with Crippen LogP contribution in [0.1, 0.15) is 18.9 Å². The fraction of sp³-hybridized carbons (Fsp3) is 0.167. The first-order valence-corrected chi connectivity index (χ1v) is 9.60. The van der Waals surface area contributed by atoms with E-state index in [9.17, 15) is 9.59 Å². The predicted octanol–water partition coefficient (Wildman–Crippen LogP) is 4.92. The Morgan fingerprint density at radius 2 is 1.83 bits per heavy atom. The highest BCUT2D eigenvalue weighted by Gasteiger charge is 2.09. The molecule has 3 aromatic carbocycles. The summed E-state index contributed by atoms with van der Waals surface area (Å²) in [4.78, 5) is 24.1. The Balaban J connectivity index is 1.45. The molecule has 4 rings (SSSR count). The summed E-state index contributed by atoms with van der Waals surface area (Å²) in [5.41, 5.74) is 1.76. The van der Waals surface area contributed by atoms with Crippen LogP contribution in [-0.2, 0) is 11.2 Å². The summed E-state index contributed by atoms with van der Waals surface area (Å²) in [5, 5.41) is 5.89. The molecule has 5 nitrogen and oxygen atoms in total. The lowest BCUT2D eigenvalue weighted by Crippen LogP contribution is -2.20. The number of nitrogens with one attached hydrogen (secondary N) is 1. The lowest BCUT2D eigenvalue weighted by atomic mass is 10.1. The van der Waals surface area contributed by atoms with Crippen LogP contribution in [0.15, 0.2) is 75.9 Å². The minimum atomic E-state index is -0.382. The first kappa shape index (κ1) is 18.7. The molecule has 1 amide bonds. The van der Waals surface area contributed by atoms with Gasteiger partial charge in [-0.05, 0) is 47.0 Å². The van der Waals surface area contributed by atoms with E-state index >= 15 is 0 Å². The average molecular weight is 387 g/mol. The van der Waals surface area contributed by atoms with Crippen molar-refractivity contribution in [2.45, 2.75) is 19.8 Å². The monoisotopic (exact) mass is 387 g/mol. The van der Waals surface area contributed by atoms with E-state index in [1.54, 1.807) is 12.1 Å². The van der Waals surface area contributed by atoms with E-state index < -0.39 is 0 Å². The number of hydrogen-bond acceptors (Lipinski definition) is 4. The lowest BCUT2D eigenvalue weighted by molar-refractivity contribution is -0.118. The number of anilines is 1. The van der Waals surface area contributed by atoms with E-state index in [4.69, 9.17) is 9.15 Å². The molecule has 0 fully saturated rings. The van der Waals surface area contributed by atoms with Gasteiger partial charge in [-0.2, -0.15) is 0 Å². The van der Waals surface area contributed by atoms with E-state index in [-0.39, 0.29) is 18.1 Å². The average Bonchev–Trinajstić information content (AvgIpc) is 2.72. The van der Waals surface area contributed by atoms with Crippen molar-refractivity contribution >= 4 is 33.3 Å². The largest absolute Gasteiger partial charge is 0.484 e. The molecule has 0 unspecified atom stereocenters. The van der Waals surface area contributed by atoms with Gasteiger partial charge in [0.25, 0.3) is 5.91 Å². The second kappa shape index (κ2) is 8.19. The van der Waals surface area contributed by atoms with Crippen LogP contribution < -0.4 is 15.7 Å². The van der Waals surface area contributed by atoms with E-state index in [0.29, 0.717) is 17.0 Å². The zero-order valence-electron chi connectivity index (χ0n) is 16.1. The summed E-state index contributed by atoms with van der Waals surface area (Å²) in [6, 6.07) is 20.5. The van der Waals surface area contributed by atoms with Gasteiger partial charge in [0.05, 0.1) is 0 Å². The van der Waals surface area contributed by atoms with E-state index in [1.165, 1.54) is 6.07 Å². The Morgan fingerprint density at radius 3 is 2.66 bits per heavy atom. The fourth-order valence-corrected chi connectivity index (χ4v) is 3.39. The standard InChI is InChI=1S/C24H21NO4/c1-2-5-18-13-24(27)29-22-14-20(10-11-21(18)22)28-15-23(26)25-19-9-8-16-6-3-4-7-17(16)12-19/h3-4,6-14H,2,5,15H2,1H3,(H,25,26). The molecule has 0 atom stereocenters. The summed E-state index contributed by atoms with van der Waals surface area (Å²) in [7, 11) is 0. The van der Waals surface area contributed by atoms with E-state index in [1.807, 2.05) is 48.5 Å². The van der Waals surface area contributed by atoms with E-state index in [0.717, 1.165) is 34.6 Å². The Morgan fingerprint density at radius 1 is 1.00 bits per heavy atom. The third kappa shape index (κ3) is 4.29. The molecule has 5 heteroatoms. The third-order valence-corrected chi connectivity index (χ3v) is 4.72. The summed E-state index contributed by atoms with van der Waals surface area (Å²) >= 11 is 0. The Kier molecular flexibility index (Phi) is 5.29. The van der Waals surface area contributed by atoms with Gasteiger partial charge in [0.1, 0.15) is 11.3 Å². The Labute approximate surface area is 167 Å². The van der Waals surface area contributed by atoms with Crippen molar-refractivity contribution in [2.24, 2.45) is 0 Å². The first-order chi connectivity index (χ1) is 14.1. The molecule has 0 aliphatic carbocycles. The van der Waals surface area contributed by atoms with Gasteiger partial charge in [-0.25, -0.2) is 4.79 Å². The summed E-state index contributed by atoms with van der Waals surface area (Å²) in [5.74, 6) is 0.213. The van der Waals surface area contributed by atoms with Crippen molar-refractivity contribution in [3.8, 4) is 5.75 Å². The van der Waals surface area contributed by atoms with Gasteiger partial charge in [-0.3, -0.25) is 4.79 Å². The zero-order chi connectivity index (χ0) is 20.2. The second-order valence-electron chi connectivity index (χ2n) is 6.90. The molecule has 0 saturated carbocycles. The molecule has 146 valence electrons. The molecule has 4 aromatic rings. The van der Waals surface area contributed by atoms with Crippen LogP contribution in [0.3, 0.4) is 0 Å². The lowest BCUT2D eigenvalue weighted by Gasteiger charge is -2.10. The molecule has 0 spiro atoms. The number of amides is 1. The highest BCUT2D eigenvalue weighted by Crippen LogP contribution is 2.24. The van der Waals surface area contributed by atoms with E-state index in [2.05, 4.69) is 12.2 Å². The molecule has 0 aliphatic heterocycles. The van der Waals surface area contributed by atoms with Crippen molar-refractivity contribution in [2.75, 3.05) is 11.9 Å². The number of carbonyl (C=O) groups excluding carboxylic acids is 1. The van der Waals surface area contributed by atoms with Crippen LogP contribution in [-0.4, -0.2) is 12.5 Å². The Bertz CT molecular complexity index is 1240. The van der Waals surface area contributed by atoms with Gasteiger partial charge < -0.3 is 14.5 Å². The van der Waals surface area contributed by atoms with Crippen molar-refractivity contribution in [1.82, 2.24) is 0 Å². The summed E-state index contributed by atoms with van der Waals surface area (Å²) in [6.07, 6.45) is 1.74. The number of ether oxygens (including phenoxy) is 1. The van der Waals surface area contributed by atoms with Crippen molar-refractivity contribution in [3.63, 3.8) is 0 Å². The topological polar surface area (TPSA) is 68.5 Å². The number of hydrogen-bond donors (Lipinski definition) is 1. The van der Waals surface area contributed by atoms with Gasteiger partial charge in [-0.1, -0.05) is 43.7 Å². The fourth-order valence-electron chi connectivity index (χ4n) is 3.39. The van der Waals surface area contributed by atoms with Crippen LogP contribution in [0.5, 0.6) is 5.75 Å². The zero-order valence-corrected chi connectivity index (χ0v) is 16.1. The van der Waals surface area contributed by atoms with Gasteiger partial charge in [0.2, 0.25) is 0 Å². The van der Waals surface area contributed by atoms with Gasteiger partial charge in [-0.15, -0.1) is 0 Å². The molecule has 0 radical (unpaired) electrons.